The molecular formula is C25H18Cl2N2O4S. The standard InChI is InChI=1S/C25H18Cl2N2O4S/c1-29-23(30)22(34-25(29)28-18-9-7-16(8-10-18)24(31)32)13-15-6-11-21(20(27)12-15)33-14-17-4-2-3-5-19(17)26/h2-13H,14H2,1H3,(H,31,32)/b22-13-,28-25?. The summed E-state index contributed by atoms with van der Waals surface area (Å²) in [6.07, 6.45) is 1.74. The number of amides is 1. The SMILES string of the molecule is CN1C(=O)/C(=C/c2ccc(OCc3ccccc3Cl)c(Cl)c2)SC1=Nc1ccc(C(=O)O)cc1. The Bertz CT molecular complexity index is 1320. The fourth-order valence-electron chi connectivity index (χ4n) is 3.09. The quantitative estimate of drug-likeness (QED) is 0.381. The summed E-state index contributed by atoms with van der Waals surface area (Å²) < 4.78 is 5.80. The molecule has 1 saturated heterocycles. The van der Waals surface area contributed by atoms with Crippen molar-refractivity contribution < 1.29 is 19.4 Å². The van der Waals surface area contributed by atoms with Gasteiger partial charge < -0.3 is 9.84 Å². The molecule has 172 valence electrons. The van der Waals surface area contributed by atoms with Crippen LogP contribution in [0.15, 0.2) is 76.6 Å². The van der Waals surface area contributed by atoms with Crippen LogP contribution in [0.1, 0.15) is 21.5 Å². The number of carboxylic acids is 1. The lowest BCUT2D eigenvalue weighted by atomic mass is 10.2. The lowest BCUT2D eigenvalue weighted by Crippen LogP contribution is -2.23. The Morgan fingerprint density at radius 1 is 1.09 bits per heavy atom. The smallest absolute Gasteiger partial charge is 0.335 e. The molecule has 6 nitrogen and oxygen atoms in total. The van der Waals surface area contributed by atoms with Gasteiger partial charge in [0.1, 0.15) is 12.4 Å². The summed E-state index contributed by atoms with van der Waals surface area (Å²) in [6, 6.07) is 18.8. The number of benzene rings is 3. The van der Waals surface area contributed by atoms with Gasteiger partial charge in [-0.25, -0.2) is 9.79 Å². The molecule has 0 aromatic heterocycles. The van der Waals surface area contributed by atoms with E-state index in [9.17, 15) is 9.59 Å². The van der Waals surface area contributed by atoms with Gasteiger partial charge in [-0.2, -0.15) is 0 Å². The molecule has 0 radical (unpaired) electrons. The number of halogens is 2. The minimum Gasteiger partial charge on any atom is -0.487 e. The second-order valence-corrected chi connectivity index (χ2v) is 9.11. The van der Waals surface area contributed by atoms with Gasteiger partial charge in [0.2, 0.25) is 0 Å². The van der Waals surface area contributed by atoms with Gasteiger partial charge in [0.15, 0.2) is 5.17 Å². The van der Waals surface area contributed by atoms with E-state index in [0.717, 1.165) is 11.1 Å². The highest BCUT2D eigenvalue weighted by molar-refractivity contribution is 8.18. The highest BCUT2D eigenvalue weighted by Gasteiger charge is 2.30. The molecule has 1 fully saturated rings. The lowest BCUT2D eigenvalue weighted by molar-refractivity contribution is -0.121. The van der Waals surface area contributed by atoms with Gasteiger partial charge in [-0.15, -0.1) is 0 Å². The Morgan fingerprint density at radius 3 is 2.50 bits per heavy atom. The van der Waals surface area contributed by atoms with Crippen molar-refractivity contribution >= 4 is 63.8 Å². The molecule has 0 unspecified atom stereocenters. The molecular weight excluding hydrogens is 495 g/mol. The zero-order valence-electron chi connectivity index (χ0n) is 17.9. The zero-order chi connectivity index (χ0) is 24.2. The average Bonchev–Trinajstić information content (AvgIpc) is 3.07. The van der Waals surface area contributed by atoms with Crippen LogP contribution in [0.25, 0.3) is 6.08 Å². The molecule has 0 aliphatic carbocycles. The first-order valence-electron chi connectivity index (χ1n) is 10.1. The number of amidine groups is 1. The Labute approximate surface area is 210 Å². The van der Waals surface area contributed by atoms with Crippen LogP contribution in [0.5, 0.6) is 5.75 Å². The maximum Gasteiger partial charge on any atom is 0.335 e. The Hall–Kier alpha value is -3.26. The van der Waals surface area contributed by atoms with Crippen LogP contribution in [0.2, 0.25) is 10.0 Å². The van der Waals surface area contributed by atoms with Crippen molar-refractivity contribution in [1.82, 2.24) is 4.90 Å². The number of aromatic carboxylic acids is 1. The molecule has 0 bridgehead atoms. The van der Waals surface area contributed by atoms with Gasteiger partial charge in [0.05, 0.1) is 21.2 Å². The topological polar surface area (TPSA) is 79.2 Å². The van der Waals surface area contributed by atoms with E-state index in [1.165, 1.54) is 28.8 Å². The maximum atomic E-state index is 12.7. The molecule has 1 heterocycles. The first-order chi connectivity index (χ1) is 16.3. The monoisotopic (exact) mass is 512 g/mol. The molecule has 9 heteroatoms. The molecule has 1 amide bonds. The Morgan fingerprint density at radius 2 is 1.82 bits per heavy atom. The normalized spacial score (nSPS) is 15.9. The molecule has 1 aliphatic rings. The van der Waals surface area contributed by atoms with Crippen molar-refractivity contribution in [3.8, 4) is 5.75 Å². The highest BCUT2D eigenvalue weighted by Crippen LogP contribution is 2.34. The molecule has 3 aromatic rings. The number of aliphatic imine (C=N–C) groups is 1. The second kappa shape index (κ2) is 10.3. The van der Waals surface area contributed by atoms with E-state index in [1.807, 2.05) is 24.3 Å². The van der Waals surface area contributed by atoms with Crippen LogP contribution in [-0.2, 0) is 11.4 Å². The molecule has 4 rings (SSSR count). The van der Waals surface area contributed by atoms with Crippen LogP contribution in [-0.4, -0.2) is 34.1 Å². The summed E-state index contributed by atoms with van der Waals surface area (Å²) in [5.41, 5.74) is 2.32. The molecule has 0 atom stereocenters. The van der Waals surface area contributed by atoms with Gasteiger partial charge in [-0.1, -0.05) is 47.5 Å². The molecule has 1 N–H and O–H groups in total. The number of likely N-dealkylation sites (N-methyl/N-ethyl adjacent to an activating group) is 1. The molecule has 0 spiro atoms. The van der Waals surface area contributed by atoms with Crippen molar-refractivity contribution in [2.24, 2.45) is 4.99 Å². The number of rotatable bonds is 6. The maximum absolute atomic E-state index is 12.7. The number of ether oxygens (including phenoxy) is 1. The van der Waals surface area contributed by atoms with Gasteiger partial charge in [0, 0.05) is 17.6 Å². The van der Waals surface area contributed by atoms with E-state index in [2.05, 4.69) is 4.99 Å². The van der Waals surface area contributed by atoms with E-state index in [0.29, 0.717) is 31.6 Å². The van der Waals surface area contributed by atoms with E-state index < -0.39 is 5.97 Å². The number of hydrogen-bond acceptors (Lipinski definition) is 5. The summed E-state index contributed by atoms with van der Waals surface area (Å²) in [6.45, 7) is 0.284. The zero-order valence-corrected chi connectivity index (χ0v) is 20.2. The van der Waals surface area contributed by atoms with Gasteiger partial charge in [-0.05, 0) is 65.9 Å². The van der Waals surface area contributed by atoms with Crippen LogP contribution >= 0.6 is 35.0 Å². The Balaban J connectivity index is 1.49. The number of carbonyl (C=O) groups is 2. The van der Waals surface area contributed by atoms with Crippen molar-refractivity contribution in [1.29, 1.82) is 0 Å². The fourth-order valence-corrected chi connectivity index (χ4v) is 4.51. The summed E-state index contributed by atoms with van der Waals surface area (Å²) in [4.78, 5) is 30.1. The first-order valence-corrected chi connectivity index (χ1v) is 11.6. The third kappa shape index (κ3) is 5.44. The predicted molar refractivity (Wildman–Crippen MR) is 136 cm³/mol. The number of carboxylic acid groups (broad SMARTS) is 1. The molecule has 3 aromatic carbocycles. The second-order valence-electron chi connectivity index (χ2n) is 7.29. The van der Waals surface area contributed by atoms with Gasteiger partial charge >= 0.3 is 5.97 Å². The number of hydrogen-bond donors (Lipinski definition) is 1. The van der Waals surface area contributed by atoms with Crippen LogP contribution in [0, 0.1) is 0 Å². The van der Waals surface area contributed by atoms with Crippen molar-refractivity contribution in [2.45, 2.75) is 6.61 Å². The van der Waals surface area contributed by atoms with Crippen LogP contribution < -0.4 is 4.74 Å². The third-order valence-electron chi connectivity index (χ3n) is 4.94. The largest absolute Gasteiger partial charge is 0.487 e. The minimum absolute atomic E-state index is 0.171. The first kappa shape index (κ1) is 23.9. The van der Waals surface area contributed by atoms with Crippen molar-refractivity contribution in [3.63, 3.8) is 0 Å². The number of thioether (sulfide) groups is 1. The summed E-state index contributed by atoms with van der Waals surface area (Å²) >= 11 is 13.8. The van der Waals surface area contributed by atoms with Crippen molar-refractivity contribution in [3.05, 3.63) is 98.4 Å². The summed E-state index contributed by atoms with van der Waals surface area (Å²) in [5.74, 6) is -0.690. The van der Waals surface area contributed by atoms with E-state index in [4.69, 9.17) is 33.0 Å². The summed E-state index contributed by atoms with van der Waals surface area (Å²) in [7, 11) is 1.64. The minimum atomic E-state index is -1.01. The number of carbonyl (C=O) groups excluding carboxylic acids is 1. The molecule has 34 heavy (non-hydrogen) atoms. The van der Waals surface area contributed by atoms with Crippen LogP contribution in [0.3, 0.4) is 0 Å². The highest BCUT2D eigenvalue weighted by atomic mass is 35.5. The van der Waals surface area contributed by atoms with E-state index in [1.54, 1.807) is 43.5 Å². The molecule has 0 saturated carbocycles. The summed E-state index contributed by atoms with van der Waals surface area (Å²) in [5, 5.41) is 10.5. The number of nitrogens with zero attached hydrogens (tertiary/aromatic N) is 2. The van der Waals surface area contributed by atoms with Crippen molar-refractivity contribution in [2.75, 3.05) is 7.05 Å². The van der Waals surface area contributed by atoms with Crippen LogP contribution in [0.4, 0.5) is 5.69 Å². The van der Waals surface area contributed by atoms with Gasteiger partial charge in [-0.3, -0.25) is 9.69 Å². The average molecular weight is 513 g/mol. The van der Waals surface area contributed by atoms with E-state index >= 15 is 0 Å². The molecule has 1 aliphatic heterocycles. The van der Waals surface area contributed by atoms with E-state index in [-0.39, 0.29) is 18.1 Å². The van der Waals surface area contributed by atoms with Gasteiger partial charge in [0.25, 0.3) is 5.91 Å². The Kier molecular flexibility index (Phi) is 7.26. The lowest BCUT2D eigenvalue weighted by Gasteiger charge is -2.10. The third-order valence-corrected chi connectivity index (χ3v) is 6.66. The fraction of sp³-hybridized carbons (Fsp3) is 0.0800. The predicted octanol–water partition coefficient (Wildman–Crippen LogP) is 6.50.